The number of rotatable bonds is 2. The molecule has 92 valence electrons. The van der Waals surface area contributed by atoms with Crippen molar-refractivity contribution in [2.45, 2.75) is 34.1 Å². The Morgan fingerprint density at radius 1 is 1.39 bits per heavy atom. The van der Waals surface area contributed by atoms with E-state index in [1.807, 2.05) is 6.08 Å². The van der Waals surface area contributed by atoms with Gasteiger partial charge in [0.05, 0.1) is 0 Å². The van der Waals surface area contributed by atoms with Gasteiger partial charge in [-0.1, -0.05) is 63.5 Å². The molecular weight excluding hydrogens is 216 g/mol. The summed E-state index contributed by atoms with van der Waals surface area (Å²) in [5.41, 5.74) is 2.34. The lowest BCUT2D eigenvalue weighted by Crippen LogP contribution is -2.22. The van der Waals surface area contributed by atoms with E-state index in [9.17, 15) is 0 Å². The van der Waals surface area contributed by atoms with Crippen LogP contribution >= 0.6 is 0 Å². The minimum absolute atomic E-state index is 0.0151. The zero-order chi connectivity index (χ0) is 13.2. The molecule has 0 saturated heterocycles. The van der Waals surface area contributed by atoms with Crippen LogP contribution in [0.15, 0.2) is 35.5 Å². The largest absolute Gasteiger partial charge is 0.0941 e. The summed E-state index contributed by atoms with van der Waals surface area (Å²) in [4.78, 5) is 0. The van der Waals surface area contributed by atoms with E-state index in [-0.39, 0.29) is 5.41 Å². The van der Waals surface area contributed by atoms with Gasteiger partial charge in [0.15, 0.2) is 0 Å². The van der Waals surface area contributed by atoms with Gasteiger partial charge in [0.2, 0.25) is 0 Å². The van der Waals surface area contributed by atoms with Crippen LogP contribution in [0.5, 0.6) is 0 Å². The molecule has 0 aromatic rings. The predicted octanol–water partition coefficient (Wildman–Crippen LogP) is 4.12. The molecule has 0 saturated carbocycles. The maximum absolute atomic E-state index is 3.36. The molecule has 0 radical (unpaired) electrons. The number of hydrogen-bond acceptors (Lipinski definition) is 0. The molecule has 3 atom stereocenters. The van der Waals surface area contributed by atoms with Crippen LogP contribution in [0.1, 0.15) is 34.1 Å². The zero-order valence-corrected chi connectivity index (χ0v) is 11.7. The molecule has 0 spiro atoms. The maximum atomic E-state index is 3.36. The van der Waals surface area contributed by atoms with Crippen LogP contribution in [0.25, 0.3) is 0 Å². The first-order chi connectivity index (χ1) is 8.58. The van der Waals surface area contributed by atoms with Gasteiger partial charge >= 0.3 is 0 Å². The molecule has 0 heterocycles. The maximum Gasteiger partial charge on any atom is 0.0321 e. The normalized spacial score (nSPS) is 30.3. The van der Waals surface area contributed by atoms with E-state index in [1.54, 1.807) is 0 Å². The average Bonchev–Trinajstić information content (AvgIpc) is 2.75. The van der Waals surface area contributed by atoms with Crippen LogP contribution in [-0.2, 0) is 0 Å². The minimum atomic E-state index is -0.0151. The lowest BCUT2D eigenvalue weighted by molar-refractivity contribution is 0.427. The van der Waals surface area contributed by atoms with Crippen molar-refractivity contribution < 1.29 is 0 Å². The molecule has 2 aliphatic rings. The number of hydrogen-bond donors (Lipinski definition) is 0. The Morgan fingerprint density at radius 2 is 2.17 bits per heavy atom. The van der Waals surface area contributed by atoms with Gasteiger partial charge in [-0.2, -0.15) is 0 Å². The number of fused-ring (bicyclic) bond motifs is 1. The molecule has 0 N–H and O–H groups in total. The van der Waals surface area contributed by atoms with Gasteiger partial charge in [-0.15, -0.1) is 0 Å². The fourth-order valence-corrected chi connectivity index (χ4v) is 2.22. The summed E-state index contributed by atoms with van der Waals surface area (Å²) < 4.78 is 0. The third-order valence-electron chi connectivity index (χ3n) is 4.20. The fraction of sp³-hybridized carbons (Fsp3) is 0.444. The van der Waals surface area contributed by atoms with Crippen molar-refractivity contribution in [3.05, 3.63) is 35.5 Å². The van der Waals surface area contributed by atoms with E-state index in [2.05, 4.69) is 69.6 Å². The van der Waals surface area contributed by atoms with E-state index in [4.69, 9.17) is 0 Å². The summed E-state index contributed by atoms with van der Waals surface area (Å²) in [6.07, 6.45) is 9.57. The van der Waals surface area contributed by atoms with Crippen LogP contribution < -0.4 is 0 Å². The summed E-state index contributed by atoms with van der Waals surface area (Å²) in [5.74, 6) is 14.0. The van der Waals surface area contributed by atoms with Gasteiger partial charge in [0.25, 0.3) is 0 Å². The van der Waals surface area contributed by atoms with E-state index in [0.29, 0.717) is 11.8 Å². The second-order valence-electron chi connectivity index (χ2n) is 5.39. The quantitative estimate of drug-likeness (QED) is 0.633. The van der Waals surface area contributed by atoms with Gasteiger partial charge in [-0.3, -0.25) is 0 Å². The van der Waals surface area contributed by atoms with Crippen LogP contribution in [0.3, 0.4) is 0 Å². The van der Waals surface area contributed by atoms with Crippen molar-refractivity contribution in [3.63, 3.8) is 0 Å². The first kappa shape index (κ1) is 12.8. The predicted molar refractivity (Wildman–Crippen MR) is 77.6 cm³/mol. The summed E-state index contributed by atoms with van der Waals surface area (Å²) >= 11 is 0. The van der Waals surface area contributed by atoms with Gasteiger partial charge in [-0.05, 0) is 24.5 Å². The molecule has 18 heavy (non-hydrogen) atoms. The first-order valence-electron chi connectivity index (χ1n) is 6.71. The Balaban J connectivity index is 2.45. The van der Waals surface area contributed by atoms with Crippen molar-refractivity contribution in [3.8, 4) is 23.7 Å². The third-order valence-corrected chi connectivity index (χ3v) is 4.20. The molecule has 2 unspecified atom stereocenters. The van der Waals surface area contributed by atoms with Crippen molar-refractivity contribution in [1.82, 2.24) is 0 Å². The Labute approximate surface area is 111 Å². The standard InChI is InChI=1S/C18H20/c1-5-14(2)16-9-6-8-15(3)18(4)13-7-10-17(18)12-11-16/h7,9-10,13-15H,5H2,1-4H3/t14?,15?,18-/m1/s1. The van der Waals surface area contributed by atoms with E-state index >= 15 is 0 Å². The number of allylic oxidation sites excluding steroid dienone is 6. The fourth-order valence-electron chi connectivity index (χ4n) is 2.22. The Morgan fingerprint density at radius 3 is 2.89 bits per heavy atom. The highest BCUT2D eigenvalue weighted by atomic mass is 14.3. The van der Waals surface area contributed by atoms with E-state index in [0.717, 1.165) is 12.0 Å². The van der Waals surface area contributed by atoms with Crippen molar-refractivity contribution >= 4 is 0 Å². The molecule has 0 aromatic carbocycles. The van der Waals surface area contributed by atoms with Crippen LogP contribution in [0.2, 0.25) is 0 Å². The molecule has 0 bridgehead atoms. The highest BCUT2D eigenvalue weighted by Gasteiger charge is 2.33. The Kier molecular flexibility index (Phi) is 3.49. The minimum Gasteiger partial charge on any atom is -0.0941 e. The van der Waals surface area contributed by atoms with E-state index in [1.165, 1.54) is 5.57 Å². The van der Waals surface area contributed by atoms with Crippen LogP contribution in [-0.4, -0.2) is 0 Å². The topological polar surface area (TPSA) is 0 Å². The molecule has 0 nitrogen and oxygen atoms in total. The molecular formula is C18H20. The van der Waals surface area contributed by atoms with Crippen molar-refractivity contribution in [1.29, 1.82) is 0 Å². The van der Waals surface area contributed by atoms with Crippen molar-refractivity contribution in [2.24, 2.45) is 17.3 Å². The first-order valence-corrected chi connectivity index (χ1v) is 6.71. The summed E-state index contributed by atoms with van der Waals surface area (Å²) in [6, 6.07) is 0. The zero-order valence-electron chi connectivity index (χ0n) is 11.7. The van der Waals surface area contributed by atoms with E-state index < -0.39 is 0 Å². The second-order valence-corrected chi connectivity index (χ2v) is 5.39. The third kappa shape index (κ3) is 2.16. The monoisotopic (exact) mass is 236 g/mol. The SMILES string of the molecule is CCC(C)C1=CC#CC(C)[C@@]2(C)C=CC=C2C#C1. The second kappa shape index (κ2) is 4.91. The summed E-state index contributed by atoms with van der Waals surface area (Å²) in [6.45, 7) is 8.81. The van der Waals surface area contributed by atoms with Gasteiger partial charge in [0, 0.05) is 22.5 Å². The van der Waals surface area contributed by atoms with Crippen molar-refractivity contribution in [2.75, 3.05) is 0 Å². The molecule has 0 aromatic heterocycles. The molecule has 2 rings (SSSR count). The summed E-state index contributed by atoms with van der Waals surface area (Å²) in [5, 5.41) is 0. The van der Waals surface area contributed by atoms with Crippen LogP contribution in [0.4, 0.5) is 0 Å². The molecule has 0 amide bonds. The summed E-state index contributed by atoms with van der Waals surface area (Å²) in [7, 11) is 0. The van der Waals surface area contributed by atoms with Gasteiger partial charge in [0.1, 0.15) is 0 Å². The highest BCUT2D eigenvalue weighted by molar-refractivity contribution is 5.52. The lowest BCUT2D eigenvalue weighted by Gasteiger charge is -2.27. The molecule has 2 aliphatic carbocycles. The lowest BCUT2D eigenvalue weighted by atomic mass is 9.74. The van der Waals surface area contributed by atoms with Crippen LogP contribution in [0, 0.1) is 40.9 Å². The molecule has 0 heteroatoms. The Hall–Kier alpha value is -1.66. The molecule has 0 fully saturated rings. The average molecular weight is 236 g/mol. The Bertz CT molecular complexity index is 548. The van der Waals surface area contributed by atoms with Gasteiger partial charge < -0.3 is 0 Å². The molecule has 0 aliphatic heterocycles. The van der Waals surface area contributed by atoms with Gasteiger partial charge in [-0.25, -0.2) is 0 Å². The smallest absolute Gasteiger partial charge is 0.0321 e. The highest BCUT2D eigenvalue weighted by Crippen LogP contribution is 2.40.